The molecule has 30 heavy (non-hydrogen) atoms. The van der Waals surface area contributed by atoms with Gasteiger partial charge in [0, 0.05) is 0 Å². The first kappa shape index (κ1) is 27.6. The van der Waals surface area contributed by atoms with E-state index >= 15 is 0 Å². The quantitative estimate of drug-likeness (QED) is 0.129. The van der Waals surface area contributed by atoms with E-state index in [0.717, 1.165) is 0 Å². The maximum atomic E-state index is 12.5. The third-order valence-corrected chi connectivity index (χ3v) is 4.52. The molecule has 0 radical (unpaired) electrons. The standard InChI is InChI=1S/C16H28N4O9S/c1-7(22)12(17)15(27)19-9(5-11(23)24)14(26)18-8(3-4-30-2)13(25)20-10(6-21)16(28)29/h7-10,12,21-22H,3-6,17H2,1-2H3,(H,18,26)(H,19,27)(H,20,25)(H,23,24)(H,28,29). The Balaban J connectivity index is 5.40. The maximum absolute atomic E-state index is 12.5. The van der Waals surface area contributed by atoms with Crippen molar-refractivity contribution in [2.75, 3.05) is 18.6 Å². The Hall–Kier alpha value is -2.42. The van der Waals surface area contributed by atoms with Gasteiger partial charge in [-0.3, -0.25) is 19.2 Å². The molecule has 13 nitrogen and oxygen atoms in total. The molecule has 0 spiro atoms. The Morgan fingerprint density at radius 2 is 1.43 bits per heavy atom. The first-order valence-corrected chi connectivity index (χ1v) is 10.2. The number of carbonyl (C=O) groups is 5. The van der Waals surface area contributed by atoms with Gasteiger partial charge in [0.05, 0.1) is 19.1 Å². The van der Waals surface area contributed by atoms with Crippen molar-refractivity contribution < 1.29 is 44.4 Å². The molecule has 172 valence electrons. The van der Waals surface area contributed by atoms with Crippen LogP contribution in [0.1, 0.15) is 19.8 Å². The van der Waals surface area contributed by atoms with Crippen LogP contribution in [-0.4, -0.2) is 99.0 Å². The highest BCUT2D eigenvalue weighted by Gasteiger charge is 2.31. The molecule has 0 heterocycles. The highest BCUT2D eigenvalue weighted by Crippen LogP contribution is 2.04. The van der Waals surface area contributed by atoms with E-state index in [1.807, 2.05) is 0 Å². The Morgan fingerprint density at radius 1 is 0.933 bits per heavy atom. The molecule has 0 bridgehead atoms. The van der Waals surface area contributed by atoms with Gasteiger partial charge in [0.2, 0.25) is 17.7 Å². The van der Waals surface area contributed by atoms with Gasteiger partial charge < -0.3 is 42.1 Å². The summed E-state index contributed by atoms with van der Waals surface area (Å²) < 4.78 is 0. The van der Waals surface area contributed by atoms with Crippen molar-refractivity contribution in [3.05, 3.63) is 0 Å². The van der Waals surface area contributed by atoms with Crippen molar-refractivity contribution in [1.29, 1.82) is 0 Å². The number of aliphatic hydroxyl groups is 2. The van der Waals surface area contributed by atoms with Gasteiger partial charge in [0.15, 0.2) is 0 Å². The van der Waals surface area contributed by atoms with E-state index in [4.69, 9.17) is 21.1 Å². The third-order valence-electron chi connectivity index (χ3n) is 3.87. The summed E-state index contributed by atoms with van der Waals surface area (Å²) in [6.07, 6.45) is -0.285. The smallest absolute Gasteiger partial charge is 0.328 e. The van der Waals surface area contributed by atoms with Crippen molar-refractivity contribution in [3.8, 4) is 0 Å². The molecule has 0 aromatic carbocycles. The predicted octanol–water partition coefficient (Wildman–Crippen LogP) is -3.55. The van der Waals surface area contributed by atoms with Crippen LogP contribution in [0.25, 0.3) is 0 Å². The number of hydrogen-bond donors (Lipinski definition) is 8. The van der Waals surface area contributed by atoms with Gasteiger partial charge in [-0.1, -0.05) is 0 Å². The van der Waals surface area contributed by atoms with Crippen LogP contribution in [-0.2, 0) is 24.0 Å². The van der Waals surface area contributed by atoms with Gasteiger partial charge in [-0.05, 0) is 25.4 Å². The number of thioether (sulfide) groups is 1. The molecule has 0 saturated heterocycles. The van der Waals surface area contributed by atoms with E-state index in [2.05, 4.69) is 16.0 Å². The van der Waals surface area contributed by atoms with Crippen LogP contribution in [0.5, 0.6) is 0 Å². The summed E-state index contributed by atoms with van der Waals surface area (Å²) in [4.78, 5) is 58.9. The van der Waals surface area contributed by atoms with Crippen molar-refractivity contribution in [2.45, 2.75) is 50.0 Å². The average molecular weight is 452 g/mol. The molecule has 9 N–H and O–H groups in total. The number of carboxylic acid groups (broad SMARTS) is 2. The van der Waals surface area contributed by atoms with Crippen LogP contribution < -0.4 is 21.7 Å². The zero-order chi connectivity index (χ0) is 23.4. The SMILES string of the molecule is CSCCC(NC(=O)C(CC(=O)O)NC(=O)C(N)C(C)O)C(=O)NC(CO)C(=O)O. The third kappa shape index (κ3) is 9.87. The van der Waals surface area contributed by atoms with E-state index < -0.39 is 73.0 Å². The van der Waals surface area contributed by atoms with Gasteiger partial charge in [-0.25, -0.2) is 4.79 Å². The summed E-state index contributed by atoms with van der Waals surface area (Å²) in [5.74, 6) is -5.40. The molecule has 0 aromatic heterocycles. The van der Waals surface area contributed by atoms with E-state index in [1.165, 1.54) is 18.7 Å². The fraction of sp³-hybridized carbons (Fsp3) is 0.688. The number of rotatable bonds is 14. The lowest BCUT2D eigenvalue weighted by Gasteiger charge is -2.24. The highest BCUT2D eigenvalue weighted by molar-refractivity contribution is 7.98. The lowest BCUT2D eigenvalue weighted by Crippen LogP contribution is -2.58. The van der Waals surface area contributed by atoms with Crippen molar-refractivity contribution in [3.63, 3.8) is 0 Å². The molecule has 5 unspecified atom stereocenters. The maximum Gasteiger partial charge on any atom is 0.328 e. The predicted molar refractivity (Wildman–Crippen MR) is 105 cm³/mol. The second-order valence-corrected chi connectivity index (χ2v) is 7.34. The van der Waals surface area contributed by atoms with Crippen molar-refractivity contribution >= 4 is 41.4 Å². The normalized spacial score (nSPS) is 15.8. The Kier molecular flexibility index (Phi) is 12.6. The first-order valence-electron chi connectivity index (χ1n) is 8.83. The molecule has 3 amide bonds. The Bertz CT molecular complexity index is 632. The molecule has 0 saturated carbocycles. The van der Waals surface area contributed by atoms with Gasteiger partial charge >= 0.3 is 11.9 Å². The molecule has 5 atom stereocenters. The Morgan fingerprint density at radius 3 is 1.87 bits per heavy atom. The molecular formula is C16H28N4O9S. The summed E-state index contributed by atoms with van der Waals surface area (Å²) >= 11 is 1.34. The van der Waals surface area contributed by atoms with E-state index in [9.17, 15) is 29.1 Å². The number of amides is 3. The number of nitrogens with one attached hydrogen (secondary N) is 3. The molecule has 0 aromatic rings. The largest absolute Gasteiger partial charge is 0.481 e. The summed E-state index contributed by atoms with van der Waals surface area (Å²) in [6, 6.07) is -5.86. The minimum Gasteiger partial charge on any atom is -0.481 e. The molecule has 0 rings (SSSR count). The lowest BCUT2D eigenvalue weighted by atomic mass is 10.1. The monoisotopic (exact) mass is 452 g/mol. The van der Waals surface area contributed by atoms with Gasteiger partial charge in [0.1, 0.15) is 24.2 Å². The molecule has 0 aliphatic carbocycles. The van der Waals surface area contributed by atoms with Gasteiger partial charge in [-0.2, -0.15) is 11.8 Å². The van der Waals surface area contributed by atoms with Crippen molar-refractivity contribution in [1.82, 2.24) is 16.0 Å². The van der Waals surface area contributed by atoms with Crippen LogP contribution in [0.3, 0.4) is 0 Å². The summed E-state index contributed by atoms with van der Waals surface area (Å²) in [6.45, 7) is 0.360. The lowest BCUT2D eigenvalue weighted by molar-refractivity contribution is -0.144. The van der Waals surface area contributed by atoms with Crippen LogP contribution in [0.15, 0.2) is 0 Å². The molecule has 0 aliphatic rings. The number of hydrogen-bond acceptors (Lipinski definition) is 9. The van der Waals surface area contributed by atoms with Gasteiger partial charge in [0.25, 0.3) is 0 Å². The molecule has 14 heteroatoms. The second-order valence-electron chi connectivity index (χ2n) is 6.35. The molecular weight excluding hydrogens is 424 g/mol. The second kappa shape index (κ2) is 13.7. The number of aliphatic carboxylic acids is 2. The summed E-state index contributed by atoms with van der Waals surface area (Å²) in [5.41, 5.74) is 5.47. The average Bonchev–Trinajstić information content (AvgIpc) is 2.66. The summed E-state index contributed by atoms with van der Waals surface area (Å²) in [5, 5.41) is 42.8. The minimum absolute atomic E-state index is 0.0669. The van der Waals surface area contributed by atoms with Crippen LogP contribution in [0.4, 0.5) is 0 Å². The molecule has 0 fully saturated rings. The Labute approximate surface area is 176 Å². The first-order chi connectivity index (χ1) is 13.9. The fourth-order valence-corrected chi connectivity index (χ4v) is 2.58. The van der Waals surface area contributed by atoms with Gasteiger partial charge in [-0.15, -0.1) is 0 Å². The number of carbonyl (C=O) groups excluding carboxylic acids is 3. The van der Waals surface area contributed by atoms with Crippen molar-refractivity contribution in [2.24, 2.45) is 5.73 Å². The van der Waals surface area contributed by atoms with E-state index in [1.54, 1.807) is 6.26 Å². The highest BCUT2D eigenvalue weighted by atomic mass is 32.2. The minimum atomic E-state index is -1.60. The fourth-order valence-electron chi connectivity index (χ4n) is 2.11. The number of aliphatic hydroxyl groups excluding tert-OH is 2. The van der Waals surface area contributed by atoms with E-state index in [-0.39, 0.29) is 6.42 Å². The molecule has 0 aliphatic heterocycles. The summed E-state index contributed by atoms with van der Waals surface area (Å²) in [7, 11) is 0. The number of nitrogens with two attached hydrogens (primary N) is 1. The topological polar surface area (TPSA) is 228 Å². The van der Waals surface area contributed by atoms with Crippen LogP contribution in [0.2, 0.25) is 0 Å². The zero-order valence-electron chi connectivity index (χ0n) is 16.5. The number of carboxylic acids is 2. The van der Waals surface area contributed by atoms with Crippen LogP contribution >= 0.6 is 11.8 Å². The van der Waals surface area contributed by atoms with Crippen LogP contribution in [0, 0.1) is 0 Å². The zero-order valence-corrected chi connectivity index (χ0v) is 17.3. The van der Waals surface area contributed by atoms with E-state index in [0.29, 0.717) is 5.75 Å².